The highest BCUT2D eigenvalue weighted by Gasteiger charge is 2.23. The second kappa shape index (κ2) is 4.70. The van der Waals surface area contributed by atoms with Gasteiger partial charge in [-0.25, -0.2) is 0 Å². The lowest BCUT2D eigenvalue weighted by Gasteiger charge is -2.27. The van der Waals surface area contributed by atoms with Crippen molar-refractivity contribution in [3.05, 3.63) is 28.3 Å². The van der Waals surface area contributed by atoms with E-state index in [1.807, 2.05) is 0 Å². The summed E-state index contributed by atoms with van der Waals surface area (Å²) in [6.45, 7) is 10.8. The molecule has 1 rings (SSSR count). The highest BCUT2D eigenvalue weighted by Crippen LogP contribution is 2.35. The molecule has 1 aromatic carbocycles. The molecular formula is C14H22OS. The van der Waals surface area contributed by atoms with Gasteiger partial charge in [0.25, 0.3) is 0 Å². The number of rotatable bonds is 3. The first-order valence-corrected chi connectivity index (χ1v) is 6.24. The van der Waals surface area contributed by atoms with Crippen LogP contribution in [0.5, 0.6) is 5.75 Å². The molecule has 0 atom stereocenters. The summed E-state index contributed by atoms with van der Waals surface area (Å²) in [4.78, 5) is 0. The van der Waals surface area contributed by atoms with Crippen molar-refractivity contribution in [2.45, 2.75) is 40.0 Å². The summed E-state index contributed by atoms with van der Waals surface area (Å²) in [6.07, 6.45) is 0. The minimum atomic E-state index is 0.106. The van der Waals surface area contributed by atoms with Crippen LogP contribution in [-0.2, 0) is 5.41 Å². The van der Waals surface area contributed by atoms with Crippen LogP contribution in [0.25, 0.3) is 0 Å². The monoisotopic (exact) mass is 238 g/mol. The average molecular weight is 238 g/mol. The maximum absolute atomic E-state index is 5.44. The molecule has 0 radical (unpaired) electrons. The van der Waals surface area contributed by atoms with Crippen LogP contribution in [-0.4, -0.2) is 12.9 Å². The lowest BCUT2D eigenvalue weighted by Crippen LogP contribution is -2.21. The quantitative estimate of drug-likeness (QED) is 0.787. The topological polar surface area (TPSA) is 9.23 Å². The smallest absolute Gasteiger partial charge is 0.124 e. The molecule has 0 aliphatic rings. The zero-order valence-electron chi connectivity index (χ0n) is 11.1. The molecule has 0 N–H and O–H groups in total. The molecule has 16 heavy (non-hydrogen) atoms. The molecule has 0 aliphatic heterocycles. The second-order valence-electron chi connectivity index (χ2n) is 5.07. The highest BCUT2D eigenvalue weighted by atomic mass is 32.1. The number of aryl methyl sites for hydroxylation is 1. The predicted octanol–water partition coefficient (Wildman–Crippen LogP) is 3.83. The van der Waals surface area contributed by atoms with Crippen molar-refractivity contribution in [3.8, 4) is 5.75 Å². The first kappa shape index (κ1) is 13.4. The van der Waals surface area contributed by atoms with Gasteiger partial charge in [0.15, 0.2) is 0 Å². The van der Waals surface area contributed by atoms with E-state index in [1.54, 1.807) is 7.11 Å². The summed E-state index contributed by atoms with van der Waals surface area (Å²) in [5.41, 5.74) is 5.25. The van der Waals surface area contributed by atoms with Crippen molar-refractivity contribution in [1.29, 1.82) is 0 Å². The number of methoxy groups -OCH3 is 1. The van der Waals surface area contributed by atoms with Gasteiger partial charge >= 0.3 is 0 Å². The normalized spacial score (nSPS) is 11.7. The van der Waals surface area contributed by atoms with E-state index in [-0.39, 0.29) is 5.41 Å². The Morgan fingerprint density at radius 2 is 1.75 bits per heavy atom. The van der Waals surface area contributed by atoms with Crippen LogP contribution in [0.2, 0.25) is 0 Å². The van der Waals surface area contributed by atoms with Crippen molar-refractivity contribution in [3.63, 3.8) is 0 Å². The summed E-state index contributed by atoms with van der Waals surface area (Å²) in [7, 11) is 1.73. The molecule has 0 aromatic heterocycles. The van der Waals surface area contributed by atoms with Gasteiger partial charge in [-0.05, 0) is 54.2 Å². The van der Waals surface area contributed by atoms with E-state index in [0.29, 0.717) is 0 Å². The van der Waals surface area contributed by atoms with Crippen molar-refractivity contribution in [1.82, 2.24) is 0 Å². The first-order valence-electron chi connectivity index (χ1n) is 5.61. The van der Waals surface area contributed by atoms with E-state index >= 15 is 0 Å². The molecule has 0 aliphatic carbocycles. The fourth-order valence-corrected chi connectivity index (χ4v) is 2.33. The number of ether oxygens (including phenoxy) is 1. The van der Waals surface area contributed by atoms with Gasteiger partial charge in [-0.1, -0.05) is 19.9 Å². The summed E-state index contributed by atoms with van der Waals surface area (Å²) in [5, 5.41) is 0. The lowest BCUT2D eigenvalue weighted by atomic mass is 9.81. The van der Waals surface area contributed by atoms with E-state index < -0.39 is 0 Å². The van der Waals surface area contributed by atoms with Gasteiger partial charge in [0.1, 0.15) is 5.75 Å². The van der Waals surface area contributed by atoms with Gasteiger partial charge in [-0.2, -0.15) is 12.6 Å². The van der Waals surface area contributed by atoms with E-state index in [2.05, 4.69) is 53.3 Å². The summed E-state index contributed by atoms with van der Waals surface area (Å²) >= 11 is 4.45. The van der Waals surface area contributed by atoms with Crippen LogP contribution < -0.4 is 4.74 Å². The lowest BCUT2D eigenvalue weighted by molar-refractivity contribution is 0.407. The maximum Gasteiger partial charge on any atom is 0.124 e. The van der Waals surface area contributed by atoms with Crippen LogP contribution >= 0.6 is 12.6 Å². The molecule has 0 bridgehead atoms. The van der Waals surface area contributed by atoms with Gasteiger partial charge in [-0.15, -0.1) is 0 Å². The molecule has 0 amide bonds. The van der Waals surface area contributed by atoms with E-state index in [1.165, 1.54) is 22.3 Å². The van der Waals surface area contributed by atoms with Gasteiger partial charge in [0.05, 0.1) is 7.11 Å². The fraction of sp³-hybridized carbons (Fsp3) is 0.571. The Balaban J connectivity index is 3.45. The second-order valence-corrected chi connectivity index (χ2v) is 5.38. The molecule has 90 valence electrons. The van der Waals surface area contributed by atoms with Crippen molar-refractivity contribution < 1.29 is 4.74 Å². The molecule has 1 aromatic rings. The van der Waals surface area contributed by atoms with E-state index in [4.69, 9.17) is 4.74 Å². The Hall–Kier alpha value is -0.630. The number of benzene rings is 1. The molecule has 0 unspecified atom stereocenters. The van der Waals surface area contributed by atoms with E-state index in [9.17, 15) is 0 Å². The van der Waals surface area contributed by atoms with Crippen LogP contribution in [0.3, 0.4) is 0 Å². The largest absolute Gasteiger partial charge is 0.496 e. The maximum atomic E-state index is 5.44. The molecule has 0 spiro atoms. The number of hydrogen-bond acceptors (Lipinski definition) is 2. The summed E-state index contributed by atoms with van der Waals surface area (Å²) in [5.74, 6) is 1.86. The van der Waals surface area contributed by atoms with Gasteiger partial charge in [-0.3, -0.25) is 0 Å². The molecule has 0 heterocycles. The summed E-state index contributed by atoms with van der Waals surface area (Å²) in [6, 6.07) is 2.23. The zero-order valence-corrected chi connectivity index (χ0v) is 12.0. The number of thiol groups is 1. The fourth-order valence-electron chi connectivity index (χ4n) is 2.16. The van der Waals surface area contributed by atoms with E-state index in [0.717, 1.165) is 11.5 Å². The van der Waals surface area contributed by atoms with Crippen molar-refractivity contribution in [2.75, 3.05) is 12.9 Å². The standard InChI is InChI=1S/C14H22OS/c1-9-7-12(14(4,5)8-16)10(2)11(3)13(9)15-6/h7,16H,8H2,1-6H3. The molecule has 0 saturated carbocycles. The SMILES string of the molecule is COc1c(C)cc(C(C)(C)CS)c(C)c1C. The predicted molar refractivity (Wildman–Crippen MR) is 74.1 cm³/mol. The highest BCUT2D eigenvalue weighted by molar-refractivity contribution is 7.80. The van der Waals surface area contributed by atoms with Crippen LogP contribution in [0.1, 0.15) is 36.1 Å². The average Bonchev–Trinajstić information content (AvgIpc) is 2.24. The molecule has 2 heteroatoms. The Labute approximate surface area is 105 Å². The minimum absolute atomic E-state index is 0.106. The summed E-state index contributed by atoms with van der Waals surface area (Å²) < 4.78 is 5.44. The third-order valence-electron chi connectivity index (χ3n) is 3.35. The van der Waals surface area contributed by atoms with Crippen LogP contribution in [0.15, 0.2) is 6.07 Å². The van der Waals surface area contributed by atoms with Crippen LogP contribution in [0, 0.1) is 20.8 Å². The Morgan fingerprint density at radius 1 is 1.19 bits per heavy atom. The van der Waals surface area contributed by atoms with Crippen molar-refractivity contribution in [2.24, 2.45) is 0 Å². The third-order valence-corrected chi connectivity index (χ3v) is 4.15. The van der Waals surface area contributed by atoms with Crippen LogP contribution in [0.4, 0.5) is 0 Å². The Morgan fingerprint density at radius 3 is 2.19 bits per heavy atom. The molecular weight excluding hydrogens is 216 g/mol. The number of hydrogen-bond donors (Lipinski definition) is 1. The van der Waals surface area contributed by atoms with Gasteiger partial charge in [0.2, 0.25) is 0 Å². The Kier molecular flexibility index (Phi) is 3.95. The molecule has 1 nitrogen and oxygen atoms in total. The minimum Gasteiger partial charge on any atom is -0.496 e. The first-order chi connectivity index (χ1) is 7.35. The zero-order chi connectivity index (χ0) is 12.5. The molecule has 0 saturated heterocycles. The molecule has 0 fully saturated rings. The Bertz CT molecular complexity index is 394. The third kappa shape index (κ3) is 2.22. The van der Waals surface area contributed by atoms with Crippen molar-refractivity contribution >= 4 is 12.6 Å². The van der Waals surface area contributed by atoms with Gasteiger partial charge in [0, 0.05) is 0 Å². The van der Waals surface area contributed by atoms with Gasteiger partial charge < -0.3 is 4.74 Å².